The van der Waals surface area contributed by atoms with E-state index < -0.39 is 0 Å². The van der Waals surface area contributed by atoms with Gasteiger partial charge >= 0.3 is 0 Å². The van der Waals surface area contributed by atoms with Gasteiger partial charge in [-0.2, -0.15) is 5.10 Å². The maximum atomic E-state index is 5.54. The normalized spacial score (nSPS) is 11.0. The van der Waals surface area contributed by atoms with Crippen molar-refractivity contribution in [1.29, 1.82) is 0 Å². The van der Waals surface area contributed by atoms with Gasteiger partial charge in [0.15, 0.2) is 0 Å². The quantitative estimate of drug-likeness (QED) is 0.546. The fourth-order valence-electron chi connectivity index (χ4n) is 1.34. The predicted molar refractivity (Wildman–Crippen MR) is 71.0 cm³/mol. The Balaban J connectivity index is 1.79. The van der Waals surface area contributed by atoms with Gasteiger partial charge in [0.1, 0.15) is 0 Å². The number of ether oxygens (including phenoxy) is 4. The van der Waals surface area contributed by atoms with Crippen LogP contribution >= 0.6 is 0 Å². The third-order valence-electron chi connectivity index (χ3n) is 2.29. The molecule has 0 amide bonds. The second-order valence-corrected chi connectivity index (χ2v) is 3.87. The summed E-state index contributed by atoms with van der Waals surface area (Å²) in [4.78, 5) is 0. The minimum Gasteiger partial charge on any atom is -0.396 e. The summed E-state index contributed by atoms with van der Waals surface area (Å²) in [7, 11) is 1.65. The molecule has 0 aliphatic carbocycles. The highest BCUT2D eigenvalue weighted by molar-refractivity contribution is 5.30. The number of anilines is 1. The highest BCUT2D eigenvalue weighted by atomic mass is 16.6. The maximum absolute atomic E-state index is 5.54. The Kier molecular flexibility index (Phi) is 8.99. The molecule has 110 valence electrons. The second-order valence-electron chi connectivity index (χ2n) is 3.87. The summed E-state index contributed by atoms with van der Waals surface area (Å²) in [6, 6.07) is 0. The third kappa shape index (κ3) is 8.55. The van der Waals surface area contributed by atoms with Gasteiger partial charge in [0.05, 0.1) is 64.7 Å². The van der Waals surface area contributed by atoms with Gasteiger partial charge in [-0.25, -0.2) is 0 Å². The zero-order valence-corrected chi connectivity index (χ0v) is 11.4. The van der Waals surface area contributed by atoms with Crippen molar-refractivity contribution in [1.82, 2.24) is 9.78 Å². The van der Waals surface area contributed by atoms with Gasteiger partial charge in [0.2, 0.25) is 0 Å². The molecule has 0 aliphatic heterocycles. The first kappa shape index (κ1) is 15.9. The Hall–Kier alpha value is -1.15. The molecule has 0 atom stereocenters. The summed E-state index contributed by atoms with van der Waals surface area (Å²) in [5.74, 6) is 0. The van der Waals surface area contributed by atoms with E-state index in [0.717, 1.165) is 0 Å². The van der Waals surface area contributed by atoms with E-state index in [4.69, 9.17) is 24.7 Å². The van der Waals surface area contributed by atoms with Crippen molar-refractivity contribution in [2.75, 3.05) is 59.1 Å². The molecule has 0 unspecified atom stereocenters. The molecular weight excluding hydrogens is 250 g/mol. The van der Waals surface area contributed by atoms with E-state index in [2.05, 4.69) is 5.10 Å². The van der Waals surface area contributed by atoms with Crippen molar-refractivity contribution in [2.24, 2.45) is 0 Å². The number of nitrogens with two attached hydrogens (primary N) is 1. The molecule has 7 heteroatoms. The Morgan fingerprint density at radius 2 is 1.58 bits per heavy atom. The first-order valence-corrected chi connectivity index (χ1v) is 6.33. The molecule has 19 heavy (non-hydrogen) atoms. The lowest BCUT2D eigenvalue weighted by Gasteiger charge is -2.06. The lowest BCUT2D eigenvalue weighted by Crippen LogP contribution is -2.13. The van der Waals surface area contributed by atoms with Crippen LogP contribution in [0.3, 0.4) is 0 Å². The molecule has 2 N–H and O–H groups in total. The number of nitrogens with zero attached hydrogens (tertiary/aromatic N) is 2. The highest BCUT2D eigenvalue weighted by Crippen LogP contribution is 1.97. The topological polar surface area (TPSA) is 80.8 Å². The molecule has 0 radical (unpaired) electrons. The van der Waals surface area contributed by atoms with Crippen LogP contribution in [-0.2, 0) is 25.5 Å². The lowest BCUT2D eigenvalue weighted by molar-refractivity contribution is 0.00249. The Morgan fingerprint density at radius 3 is 2.11 bits per heavy atom. The standard InChI is InChI=1S/C12H23N3O4/c1-16-4-5-18-8-9-19-7-6-17-3-2-15-11-12(13)10-14-15/h10-11H,2-9,13H2,1H3. The van der Waals surface area contributed by atoms with Crippen LogP contribution in [0, 0.1) is 0 Å². The van der Waals surface area contributed by atoms with Gasteiger partial charge in [-0.3, -0.25) is 4.68 Å². The van der Waals surface area contributed by atoms with Gasteiger partial charge in [0.25, 0.3) is 0 Å². The highest BCUT2D eigenvalue weighted by Gasteiger charge is 1.95. The molecule has 0 spiro atoms. The van der Waals surface area contributed by atoms with E-state index in [-0.39, 0.29) is 0 Å². The summed E-state index contributed by atoms with van der Waals surface area (Å²) in [5.41, 5.74) is 6.21. The monoisotopic (exact) mass is 273 g/mol. The van der Waals surface area contributed by atoms with Crippen LogP contribution < -0.4 is 5.73 Å². The van der Waals surface area contributed by atoms with E-state index >= 15 is 0 Å². The SMILES string of the molecule is COCCOCCOCCOCCn1cc(N)cn1. The minimum absolute atomic E-state index is 0.564. The van der Waals surface area contributed by atoms with Crippen molar-refractivity contribution in [3.05, 3.63) is 12.4 Å². The van der Waals surface area contributed by atoms with Crippen LogP contribution in [0.4, 0.5) is 5.69 Å². The molecule has 0 bridgehead atoms. The zero-order valence-electron chi connectivity index (χ0n) is 11.4. The van der Waals surface area contributed by atoms with E-state index in [0.29, 0.717) is 58.5 Å². The van der Waals surface area contributed by atoms with Gasteiger partial charge < -0.3 is 24.7 Å². The lowest BCUT2D eigenvalue weighted by atomic mass is 10.6. The van der Waals surface area contributed by atoms with E-state index in [1.807, 2.05) is 0 Å². The second kappa shape index (κ2) is 10.7. The smallest absolute Gasteiger partial charge is 0.0719 e. The van der Waals surface area contributed by atoms with Crippen LogP contribution in [0.15, 0.2) is 12.4 Å². The summed E-state index contributed by atoms with van der Waals surface area (Å²) < 4.78 is 22.6. The predicted octanol–water partition coefficient (Wildman–Crippen LogP) is 0.162. The van der Waals surface area contributed by atoms with Crippen molar-refractivity contribution in [2.45, 2.75) is 6.54 Å². The number of aromatic nitrogens is 2. The molecule has 0 fully saturated rings. The molecule has 7 nitrogen and oxygen atoms in total. The molecule has 1 aromatic heterocycles. The first-order valence-electron chi connectivity index (χ1n) is 6.33. The molecule has 0 aliphatic rings. The summed E-state index contributed by atoms with van der Waals surface area (Å²) >= 11 is 0. The Bertz CT molecular complexity index is 320. The molecular formula is C12H23N3O4. The van der Waals surface area contributed by atoms with Crippen LogP contribution in [-0.4, -0.2) is 63.1 Å². The number of hydrogen-bond acceptors (Lipinski definition) is 6. The van der Waals surface area contributed by atoms with E-state index in [9.17, 15) is 0 Å². The molecule has 0 saturated heterocycles. The number of methoxy groups -OCH3 is 1. The summed E-state index contributed by atoms with van der Waals surface area (Å²) in [5, 5.41) is 4.05. The molecule has 0 saturated carbocycles. The van der Waals surface area contributed by atoms with Crippen LogP contribution in [0.2, 0.25) is 0 Å². The van der Waals surface area contributed by atoms with Gasteiger partial charge in [-0.1, -0.05) is 0 Å². The van der Waals surface area contributed by atoms with E-state index in [1.54, 1.807) is 24.2 Å². The number of nitrogen functional groups attached to an aromatic ring is 1. The van der Waals surface area contributed by atoms with Gasteiger partial charge in [-0.15, -0.1) is 0 Å². The molecule has 1 aromatic rings. The number of hydrogen-bond donors (Lipinski definition) is 1. The van der Waals surface area contributed by atoms with Crippen molar-refractivity contribution >= 4 is 5.69 Å². The summed E-state index contributed by atoms with van der Waals surface area (Å²) in [6.45, 7) is 4.78. The van der Waals surface area contributed by atoms with Gasteiger partial charge in [-0.05, 0) is 0 Å². The molecule has 1 heterocycles. The maximum Gasteiger partial charge on any atom is 0.0719 e. The average Bonchev–Trinajstić information content (AvgIpc) is 2.82. The zero-order chi connectivity index (χ0) is 13.8. The van der Waals surface area contributed by atoms with Crippen molar-refractivity contribution in [3.8, 4) is 0 Å². The fraction of sp³-hybridized carbons (Fsp3) is 0.750. The third-order valence-corrected chi connectivity index (χ3v) is 2.29. The first-order chi connectivity index (χ1) is 9.33. The minimum atomic E-state index is 0.564. The average molecular weight is 273 g/mol. The van der Waals surface area contributed by atoms with Gasteiger partial charge in [0, 0.05) is 13.3 Å². The molecule has 1 rings (SSSR count). The number of rotatable bonds is 12. The van der Waals surface area contributed by atoms with E-state index in [1.165, 1.54) is 0 Å². The van der Waals surface area contributed by atoms with Crippen LogP contribution in [0.5, 0.6) is 0 Å². The fourth-order valence-corrected chi connectivity index (χ4v) is 1.34. The Labute approximate surface area is 113 Å². The van der Waals surface area contributed by atoms with Crippen LogP contribution in [0.1, 0.15) is 0 Å². The largest absolute Gasteiger partial charge is 0.396 e. The Morgan fingerprint density at radius 1 is 1.00 bits per heavy atom. The van der Waals surface area contributed by atoms with Crippen LogP contribution in [0.25, 0.3) is 0 Å². The van der Waals surface area contributed by atoms with Crippen molar-refractivity contribution < 1.29 is 18.9 Å². The van der Waals surface area contributed by atoms with Crippen molar-refractivity contribution in [3.63, 3.8) is 0 Å². The molecule has 0 aromatic carbocycles. The summed E-state index contributed by atoms with van der Waals surface area (Å²) in [6.07, 6.45) is 3.39.